The normalized spacial score (nSPS) is 19.9. The van der Waals surface area contributed by atoms with E-state index < -0.39 is 0 Å². The number of hydrogen-bond donors (Lipinski definition) is 2. The maximum atomic E-state index is 14.0. The number of aliphatic imine (C=N–C) groups is 1. The van der Waals surface area contributed by atoms with E-state index in [1.54, 1.807) is 24.5 Å². The molecule has 5 nitrogen and oxygen atoms in total. The molecule has 0 amide bonds. The van der Waals surface area contributed by atoms with Crippen molar-refractivity contribution in [3.63, 3.8) is 0 Å². The molecule has 0 radical (unpaired) electrons. The van der Waals surface area contributed by atoms with Gasteiger partial charge in [-0.25, -0.2) is 4.39 Å². The lowest BCUT2D eigenvalue weighted by Crippen LogP contribution is -2.44. The number of nitrogens with one attached hydrogen (secondary N) is 2. The number of rotatable bonds is 5. The highest BCUT2D eigenvalue weighted by molar-refractivity contribution is 14.0. The predicted octanol–water partition coefficient (Wildman–Crippen LogP) is 4.12. The van der Waals surface area contributed by atoms with Crippen molar-refractivity contribution in [1.29, 1.82) is 5.26 Å². The second-order valence-corrected chi connectivity index (χ2v) is 8.05. The first kappa shape index (κ1) is 23.6. The van der Waals surface area contributed by atoms with Crippen molar-refractivity contribution in [2.75, 3.05) is 27.2 Å². The molecule has 29 heavy (non-hydrogen) atoms. The number of nitrogens with zero attached hydrogens (tertiary/aromatic N) is 3. The summed E-state index contributed by atoms with van der Waals surface area (Å²) in [5, 5.41) is 17.7. The van der Waals surface area contributed by atoms with Gasteiger partial charge in [-0.05, 0) is 62.0 Å². The van der Waals surface area contributed by atoms with Crippen LogP contribution in [0.1, 0.15) is 34.9 Å². The number of halogens is 2. The minimum absolute atomic E-state index is 0. The van der Waals surface area contributed by atoms with Gasteiger partial charge in [0.25, 0.3) is 0 Å². The molecule has 156 valence electrons. The van der Waals surface area contributed by atoms with E-state index in [-0.39, 0.29) is 36.3 Å². The molecule has 0 aliphatic carbocycles. The summed E-state index contributed by atoms with van der Waals surface area (Å²) < 4.78 is 14.0. The summed E-state index contributed by atoms with van der Waals surface area (Å²) in [7, 11) is 3.90. The van der Waals surface area contributed by atoms with Crippen molar-refractivity contribution < 1.29 is 4.39 Å². The van der Waals surface area contributed by atoms with Crippen molar-refractivity contribution in [3.8, 4) is 6.07 Å². The standard InChI is InChI=1S/C21H26FN5S.HI/c1-24-21(26-14-17-11-15(12-23)7-8-18(17)22)25-13-16-5-3-9-27(2)20(16)19-6-4-10-28-19;/h4,6-8,10-11,16,20H,3,5,9,13-14H2,1-2H3,(H2,24,25,26);1H. The summed E-state index contributed by atoms with van der Waals surface area (Å²) in [5.74, 6) is 0.795. The average molecular weight is 527 g/mol. The summed E-state index contributed by atoms with van der Waals surface area (Å²) in [6.45, 7) is 2.19. The summed E-state index contributed by atoms with van der Waals surface area (Å²) >= 11 is 1.81. The van der Waals surface area contributed by atoms with Gasteiger partial charge in [-0.2, -0.15) is 5.26 Å². The molecule has 2 N–H and O–H groups in total. The van der Waals surface area contributed by atoms with Crippen LogP contribution in [-0.2, 0) is 6.54 Å². The summed E-state index contributed by atoms with van der Waals surface area (Å²) in [4.78, 5) is 8.09. The number of piperidine rings is 1. The third kappa shape index (κ3) is 6.14. The Morgan fingerprint density at radius 1 is 1.38 bits per heavy atom. The lowest BCUT2D eigenvalue weighted by Gasteiger charge is -2.39. The van der Waals surface area contributed by atoms with Crippen molar-refractivity contribution in [2.24, 2.45) is 10.9 Å². The van der Waals surface area contributed by atoms with Gasteiger partial charge in [-0.15, -0.1) is 35.3 Å². The van der Waals surface area contributed by atoms with Crippen LogP contribution in [0.4, 0.5) is 4.39 Å². The average Bonchev–Trinajstić information content (AvgIpc) is 3.23. The molecule has 0 bridgehead atoms. The van der Waals surface area contributed by atoms with E-state index in [9.17, 15) is 4.39 Å². The fourth-order valence-electron chi connectivity index (χ4n) is 3.79. The van der Waals surface area contributed by atoms with Crippen LogP contribution in [0, 0.1) is 23.1 Å². The molecule has 2 atom stereocenters. The Labute approximate surface area is 193 Å². The first-order valence-electron chi connectivity index (χ1n) is 9.49. The number of guanidine groups is 1. The molecule has 1 aromatic heterocycles. The zero-order valence-corrected chi connectivity index (χ0v) is 19.8. The molecular weight excluding hydrogens is 500 g/mol. The van der Waals surface area contributed by atoms with E-state index in [2.05, 4.69) is 45.1 Å². The Morgan fingerprint density at radius 2 is 2.21 bits per heavy atom. The number of benzene rings is 1. The highest BCUT2D eigenvalue weighted by atomic mass is 127. The second kappa shape index (κ2) is 11.5. The monoisotopic (exact) mass is 527 g/mol. The van der Waals surface area contributed by atoms with Gasteiger partial charge in [0.1, 0.15) is 5.82 Å². The maximum absolute atomic E-state index is 14.0. The van der Waals surface area contributed by atoms with Crippen molar-refractivity contribution in [3.05, 3.63) is 57.5 Å². The Bertz CT molecular complexity index is 849. The summed E-state index contributed by atoms with van der Waals surface area (Å²) in [5.41, 5.74) is 0.904. The molecule has 2 heterocycles. The quantitative estimate of drug-likeness (QED) is 0.349. The Morgan fingerprint density at radius 3 is 2.90 bits per heavy atom. The number of thiophene rings is 1. The van der Waals surface area contributed by atoms with Crippen LogP contribution in [0.2, 0.25) is 0 Å². The van der Waals surface area contributed by atoms with Crippen LogP contribution >= 0.6 is 35.3 Å². The highest BCUT2D eigenvalue weighted by Crippen LogP contribution is 2.36. The Kier molecular flexibility index (Phi) is 9.33. The van der Waals surface area contributed by atoms with Gasteiger partial charge < -0.3 is 10.6 Å². The van der Waals surface area contributed by atoms with E-state index in [4.69, 9.17) is 5.26 Å². The zero-order valence-electron chi connectivity index (χ0n) is 16.7. The first-order valence-corrected chi connectivity index (χ1v) is 10.4. The SMILES string of the molecule is CN=C(NCc1cc(C#N)ccc1F)NCC1CCCN(C)C1c1cccs1.I. The Hall–Kier alpha value is -1.70. The van der Waals surface area contributed by atoms with E-state index in [1.807, 2.05) is 6.07 Å². The van der Waals surface area contributed by atoms with Crippen LogP contribution in [0.5, 0.6) is 0 Å². The van der Waals surface area contributed by atoms with Gasteiger partial charge in [0.05, 0.1) is 11.6 Å². The van der Waals surface area contributed by atoms with Gasteiger partial charge in [0.2, 0.25) is 0 Å². The fraction of sp³-hybridized carbons (Fsp3) is 0.429. The predicted molar refractivity (Wildman–Crippen MR) is 127 cm³/mol. The third-order valence-electron chi connectivity index (χ3n) is 5.22. The number of nitriles is 1. The topological polar surface area (TPSA) is 63.5 Å². The summed E-state index contributed by atoms with van der Waals surface area (Å²) in [6, 6.07) is 11.1. The molecule has 1 fully saturated rings. The smallest absolute Gasteiger partial charge is 0.191 e. The third-order valence-corrected chi connectivity index (χ3v) is 6.16. The van der Waals surface area contributed by atoms with Crippen LogP contribution in [0.3, 0.4) is 0 Å². The molecule has 1 aliphatic heterocycles. The second-order valence-electron chi connectivity index (χ2n) is 7.07. The van der Waals surface area contributed by atoms with E-state index in [0.29, 0.717) is 29.0 Å². The molecule has 0 saturated carbocycles. The largest absolute Gasteiger partial charge is 0.356 e. The van der Waals surface area contributed by atoms with Crippen molar-refractivity contribution >= 4 is 41.3 Å². The van der Waals surface area contributed by atoms with Gasteiger partial charge in [-0.3, -0.25) is 9.89 Å². The molecule has 1 aliphatic rings. The number of likely N-dealkylation sites (tertiary alicyclic amines) is 1. The highest BCUT2D eigenvalue weighted by Gasteiger charge is 2.31. The minimum Gasteiger partial charge on any atom is -0.356 e. The van der Waals surface area contributed by atoms with Gasteiger partial charge in [0.15, 0.2) is 5.96 Å². The molecule has 0 spiro atoms. The Balaban J connectivity index is 0.00000300. The van der Waals surface area contributed by atoms with Gasteiger partial charge in [-0.1, -0.05) is 6.07 Å². The van der Waals surface area contributed by atoms with Crippen LogP contribution in [0.25, 0.3) is 0 Å². The summed E-state index contributed by atoms with van der Waals surface area (Å²) in [6.07, 6.45) is 2.35. The fourth-order valence-corrected chi connectivity index (χ4v) is 4.77. The molecule has 2 unspecified atom stereocenters. The zero-order chi connectivity index (χ0) is 19.9. The molecule has 1 saturated heterocycles. The molecule has 3 rings (SSSR count). The first-order chi connectivity index (χ1) is 13.6. The lowest BCUT2D eigenvalue weighted by atomic mass is 9.88. The minimum atomic E-state index is -0.325. The van der Waals surface area contributed by atoms with Crippen LogP contribution < -0.4 is 10.6 Å². The van der Waals surface area contributed by atoms with E-state index >= 15 is 0 Å². The lowest BCUT2D eigenvalue weighted by molar-refractivity contribution is 0.125. The van der Waals surface area contributed by atoms with Gasteiger partial charge in [0, 0.05) is 36.6 Å². The van der Waals surface area contributed by atoms with Crippen molar-refractivity contribution in [2.45, 2.75) is 25.4 Å². The van der Waals surface area contributed by atoms with Crippen LogP contribution in [-0.4, -0.2) is 38.0 Å². The van der Waals surface area contributed by atoms with Crippen LogP contribution in [0.15, 0.2) is 40.7 Å². The van der Waals surface area contributed by atoms with E-state index in [0.717, 1.165) is 19.5 Å². The number of hydrogen-bond acceptors (Lipinski definition) is 4. The molecular formula is C21H27FIN5S. The molecule has 8 heteroatoms. The van der Waals surface area contributed by atoms with E-state index in [1.165, 1.54) is 23.4 Å². The van der Waals surface area contributed by atoms with Gasteiger partial charge >= 0.3 is 0 Å². The van der Waals surface area contributed by atoms with Crippen molar-refractivity contribution in [1.82, 2.24) is 15.5 Å². The maximum Gasteiger partial charge on any atom is 0.191 e. The molecule has 2 aromatic rings. The molecule has 1 aromatic carbocycles.